The second-order valence-electron chi connectivity index (χ2n) is 5.73. The van der Waals surface area contributed by atoms with Crippen molar-refractivity contribution >= 4 is 21.8 Å². The van der Waals surface area contributed by atoms with Crippen LogP contribution in [0.1, 0.15) is 24.8 Å². The van der Waals surface area contributed by atoms with E-state index in [1.807, 2.05) is 0 Å². The van der Waals surface area contributed by atoms with Crippen molar-refractivity contribution in [3.8, 4) is 0 Å². The van der Waals surface area contributed by atoms with E-state index >= 15 is 0 Å². The van der Waals surface area contributed by atoms with Crippen LogP contribution in [-0.4, -0.2) is 39.5 Å². The molecule has 1 aromatic carbocycles. The number of hydrogen-bond acceptors (Lipinski definition) is 3. The second kappa shape index (κ2) is 8.39. The number of nitrogens with zero attached hydrogens (tertiary/aromatic N) is 1. The SMILES string of the molecule is CN(Cc1c(F)cccc1Cl)S(=O)(=O)NCCCOCC1CC1. The summed E-state index contributed by atoms with van der Waals surface area (Å²) in [6.45, 7) is 1.45. The molecule has 0 heterocycles. The maximum atomic E-state index is 13.7. The van der Waals surface area contributed by atoms with E-state index in [0.717, 1.165) is 10.9 Å². The molecule has 5 nitrogen and oxygen atoms in total. The number of benzene rings is 1. The Morgan fingerprint density at radius 1 is 1.43 bits per heavy atom. The minimum atomic E-state index is -3.68. The Labute approximate surface area is 141 Å². The molecule has 8 heteroatoms. The van der Waals surface area contributed by atoms with Crippen molar-refractivity contribution in [1.82, 2.24) is 9.03 Å². The lowest BCUT2D eigenvalue weighted by atomic mass is 10.2. The molecule has 1 aliphatic carbocycles. The van der Waals surface area contributed by atoms with Crippen LogP contribution in [0.15, 0.2) is 18.2 Å². The number of rotatable bonds is 10. The molecule has 0 saturated heterocycles. The van der Waals surface area contributed by atoms with E-state index in [9.17, 15) is 12.8 Å². The summed E-state index contributed by atoms with van der Waals surface area (Å²) in [6.07, 6.45) is 3.06. The van der Waals surface area contributed by atoms with E-state index in [4.69, 9.17) is 16.3 Å². The maximum absolute atomic E-state index is 13.7. The van der Waals surface area contributed by atoms with Gasteiger partial charge in [0.2, 0.25) is 0 Å². The summed E-state index contributed by atoms with van der Waals surface area (Å²) >= 11 is 5.92. The molecule has 0 aromatic heterocycles. The van der Waals surface area contributed by atoms with E-state index in [0.29, 0.717) is 18.9 Å². The van der Waals surface area contributed by atoms with Gasteiger partial charge in [0.15, 0.2) is 0 Å². The second-order valence-corrected chi connectivity index (χ2v) is 8.00. The summed E-state index contributed by atoms with van der Waals surface area (Å²) < 4.78 is 46.9. The van der Waals surface area contributed by atoms with Crippen molar-refractivity contribution in [1.29, 1.82) is 0 Å². The Hall–Kier alpha value is -0.730. The predicted molar refractivity (Wildman–Crippen MR) is 88.0 cm³/mol. The van der Waals surface area contributed by atoms with E-state index in [1.165, 1.54) is 38.1 Å². The van der Waals surface area contributed by atoms with E-state index < -0.39 is 16.0 Å². The molecule has 0 spiro atoms. The van der Waals surface area contributed by atoms with Crippen LogP contribution >= 0.6 is 11.6 Å². The fraction of sp³-hybridized carbons (Fsp3) is 0.600. The molecule has 0 unspecified atom stereocenters. The minimum absolute atomic E-state index is 0.126. The zero-order chi connectivity index (χ0) is 16.9. The average molecular weight is 365 g/mol. The van der Waals surface area contributed by atoms with E-state index in [2.05, 4.69) is 4.72 Å². The standard InChI is InChI=1S/C15H22ClFN2O3S/c1-19(10-13-14(16)4-2-5-15(13)17)23(20,21)18-8-3-9-22-11-12-6-7-12/h2,4-5,12,18H,3,6-11H2,1H3. The monoisotopic (exact) mass is 364 g/mol. The van der Waals surface area contributed by atoms with Crippen LogP contribution in [-0.2, 0) is 21.5 Å². The van der Waals surface area contributed by atoms with Gasteiger partial charge in [0.05, 0.1) is 0 Å². The highest BCUT2D eigenvalue weighted by molar-refractivity contribution is 7.87. The first kappa shape index (κ1) is 18.6. The Balaban J connectivity index is 1.76. The summed E-state index contributed by atoms with van der Waals surface area (Å²) in [5.74, 6) is 0.177. The lowest BCUT2D eigenvalue weighted by Crippen LogP contribution is -2.38. The summed E-state index contributed by atoms with van der Waals surface area (Å²) in [4.78, 5) is 0. The summed E-state index contributed by atoms with van der Waals surface area (Å²) in [6, 6.07) is 4.27. The highest BCUT2D eigenvalue weighted by Crippen LogP contribution is 2.28. The van der Waals surface area contributed by atoms with Gasteiger partial charge in [-0.1, -0.05) is 17.7 Å². The summed E-state index contributed by atoms with van der Waals surface area (Å²) in [5.41, 5.74) is 0.162. The van der Waals surface area contributed by atoms with Crippen LogP contribution in [0.4, 0.5) is 4.39 Å². The topological polar surface area (TPSA) is 58.6 Å². The zero-order valence-corrected chi connectivity index (χ0v) is 14.7. The van der Waals surface area contributed by atoms with E-state index in [-0.39, 0.29) is 23.7 Å². The highest BCUT2D eigenvalue weighted by atomic mass is 35.5. The van der Waals surface area contributed by atoms with Crippen LogP contribution in [0.3, 0.4) is 0 Å². The molecule has 23 heavy (non-hydrogen) atoms. The Kier molecular flexibility index (Phi) is 6.79. The number of hydrogen-bond donors (Lipinski definition) is 1. The van der Waals surface area contributed by atoms with Gasteiger partial charge >= 0.3 is 0 Å². The summed E-state index contributed by atoms with van der Waals surface area (Å²) in [5, 5.41) is 0.209. The van der Waals surface area contributed by atoms with Crippen LogP contribution in [0.5, 0.6) is 0 Å². The molecule has 0 atom stereocenters. The van der Waals surface area contributed by atoms with Gasteiger partial charge in [-0.3, -0.25) is 0 Å². The Morgan fingerprint density at radius 3 is 2.83 bits per heavy atom. The first-order chi connectivity index (χ1) is 10.9. The largest absolute Gasteiger partial charge is 0.381 e. The van der Waals surface area contributed by atoms with Gasteiger partial charge in [0, 0.05) is 43.9 Å². The molecule has 0 bridgehead atoms. The molecule has 2 rings (SSSR count). The maximum Gasteiger partial charge on any atom is 0.279 e. The predicted octanol–water partition coefficient (Wildman–Crippen LogP) is 2.56. The molecule has 0 aliphatic heterocycles. The molecule has 1 fully saturated rings. The number of ether oxygens (including phenoxy) is 1. The first-order valence-electron chi connectivity index (χ1n) is 7.61. The normalized spacial score (nSPS) is 15.3. The molecule has 0 amide bonds. The highest BCUT2D eigenvalue weighted by Gasteiger charge is 2.21. The third-order valence-corrected chi connectivity index (χ3v) is 5.53. The van der Waals surface area contributed by atoms with E-state index in [1.54, 1.807) is 0 Å². The third kappa shape index (κ3) is 6.00. The van der Waals surface area contributed by atoms with Crippen molar-refractivity contribution in [2.24, 2.45) is 5.92 Å². The third-order valence-electron chi connectivity index (χ3n) is 3.65. The number of halogens is 2. The van der Waals surface area contributed by atoms with Crippen molar-refractivity contribution in [2.45, 2.75) is 25.8 Å². The van der Waals surface area contributed by atoms with Gasteiger partial charge in [-0.05, 0) is 37.3 Å². The van der Waals surface area contributed by atoms with Crippen LogP contribution in [0, 0.1) is 11.7 Å². The lowest BCUT2D eigenvalue weighted by Gasteiger charge is -2.18. The average Bonchev–Trinajstić information content (AvgIpc) is 3.30. The van der Waals surface area contributed by atoms with Crippen LogP contribution in [0.25, 0.3) is 0 Å². The number of nitrogens with one attached hydrogen (secondary N) is 1. The molecular formula is C15H22ClFN2O3S. The molecule has 130 valence electrons. The quantitative estimate of drug-likeness (QED) is 0.649. The Bertz CT molecular complexity index is 603. The Morgan fingerprint density at radius 2 is 2.17 bits per heavy atom. The van der Waals surface area contributed by atoms with Gasteiger partial charge in [-0.2, -0.15) is 12.7 Å². The summed E-state index contributed by atoms with van der Waals surface area (Å²) in [7, 11) is -2.30. The molecule has 1 aliphatic rings. The van der Waals surface area contributed by atoms with Gasteiger partial charge in [-0.25, -0.2) is 9.11 Å². The van der Waals surface area contributed by atoms with Gasteiger partial charge < -0.3 is 4.74 Å². The lowest BCUT2D eigenvalue weighted by molar-refractivity contribution is 0.123. The zero-order valence-electron chi connectivity index (χ0n) is 13.1. The molecule has 1 N–H and O–H groups in total. The fourth-order valence-electron chi connectivity index (χ4n) is 2.01. The van der Waals surface area contributed by atoms with Gasteiger partial charge in [0.25, 0.3) is 10.2 Å². The van der Waals surface area contributed by atoms with Crippen molar-refractivity contribution in [3.63, 3.8) is 0 Å². The molecule has 0 radical (unpaired) electrons. The van der Waals surface area contributed by atoms with Crippen LogP contribution in [0.2, 0.25) is 5.02 Å². The molecule has 1 aromatic rings. The fourth-order valence-corrected chi connectivity index (χ4v) is 3.16. The van der Waals surface area contributed by atoms with Crippen molar-refractivity contribution < 1.29 is 17.5 Å². The van der Waals surface area contributed by atoms with Crippen molar-refractivity contribution in [2.75, 3.05) is 26.8 Å². The van der Waals surface area contributed by atoms with Crippen molar-refractivity contribution in [3.05, 3.63) is 34.6 Å². The first-order valence-corrected chi connectivity index (χ1v) is 9.43. The minimum Gasteiger partial charge on any atom is -0.381 e. The van der Waals surface area contributed by atoms with Gasteiger partial charge in [-0.15, -0.1) is 0 Å². The van der Waals surface area contributed by atoms with Gasteiger partial charge in [0.1, 0.15) is 5.82 Å². The molecular weight excluding hydrogens is 343 g/mol. The molecule has 1 saturated carbocycles. The van der Waals surface area contributed by atoms with Crippen LogP contribution < -0.4 is 4.72 Å². The smallest absolute Gasteiger partial charge is 0.279 e.